The van der Waals surface area contributed by atoms with E-state index in [0.29, 0.717) is 6.10 Å². The smallest absolute Gasteiger partial charge is 0.136 e. The van der Waals surface area contributed by atoms with Crippen molar-refractivity contribution in [2.75, 3.05) is 6.61 Å². The monoisotopic (exact) mass is 218 g/mol. The maximum atomic E-state index is 9.06. The van der Waals surface area contributed by atoms with E-state index in [9.17, 15) is 0 Å². The van der Waals surface area contributed by atoms with Gasteiger partial charge in [0.1, 0.15) is 5.92 Å². The van der Waals surface area contributed by atoms with Gasteiger partial charge in [0.15, 0.2) is 0 Å². The molecule has 0 aromatic carbocycles. The predicted octanol–water partition coefficient (Wildman–Crippen LogP) is 2.64. The number of epoxide rings is 1. The van der Waals surface area contributed by atoms with Crippen LogP contribution >= 0.6 is 0 Å². The quantitative estimate of drug-likeness (QED) is 0.684. The molecule has 2 fully saturated rings. The Labute approximate surface area is 97.0 Å². The van der Waals surface area contributed by atoms with Gasteiger partial charge in [0, 0.05) is 0 Å². The van der Waals surface area contributed by atoms with Gasteiger partial charge in [-0.05, 0) is 30.6 Å². The zero-order valence-corrected chi connectivity index (χ0v) is 9.78. The zero-order chi connectivity index (χ0) is 11.6. The van der Waals surface area contributed by atoms with Crippen molar-refractivity contribution in [3.8, 4) is 12.1 Å². The Hall–Kier alpha value is -1.06. The Balaban J connectivity index is 2.12. The first-order chi connectivity index (χ1) is 7.69. The third kappa shape index (κ3) is 2.20. The lowest BCUT2D eigenvalue weighted by Crippen LogP contribution is -2.36. The van der Waals surface area contributed by atoms with Crippen molar-refractivity contribution in [3.63, 3.8) is 0 Å². The highest BCUT2D eigenvalue weighted by molar-refractivity contribution is 5.08. The van der Waals surface area contributed by atoms with Crippen LogP contribution < -0.4 is 0 Å². The Morgan fingerprint density at radius 2 is 2.06 bits per heavy atom. The van der Waals surface area contributed by atoms with Crippen molar-refractivity contribution < 1.29 is 4.74 Å². The van der Waals surface area contributed by atoms with Gasteiger partial charge < -0.3 is 4.74 Å². The minimum absolute atomic E-state index is 0.134. The number of rotatable bonds is 3. The lowest BCUT2D eigenvalue weighted by Gasteiger charge is -2.42. The minimum atomic E-state index is -0.441. The first kappa shape index (κ1) is 11.4. The molecule has 3 atom stereocenters. The number of ether oxygens (including phenoxy) is 1. The second kappa shape index (κ2) is 4.44. The van der Waals surface area contributed by atoms with E-state index in [1.807, 2.05) is 0 Å². The molecule has 16 heavy (non-hydrogen) atoms. The van der Waals surface area contributed by atoms with Crippen LogP contribution in [0, 0.1) is 39.9 Å². The lowest BCUT2D eigenvalue weighted by atomic mass is 9.61. The highest BCUT2D eigenvalue weighted by Crippen LogP contribution is 2.49. The van der Waals surface area contributed by atoms with Gasteiger partial charge in [0.05, 0.1) is 24.8 Å². The van der Waals surface area contributed by atoms with Gasteiger partial charge in [0.25, 0.3) is 0 Å². The summed E-state index contributed by atoms with van der Waals surface area (Å²) >= 11 is 0. The van der Waals surface area contributed by atoms with Crippen LogP contribution in [0.15, 0.2) is 0 Å². The van der Waals surface area contributed by atoms with Gasteiger partial charge >= 0.3 is 0 Å². The third-order valence-electron chi connectivity index (χ3n) is 4.19. The molecule has 0 radical (unpaired) electrons. The topological polar surface area (TPSA) is 60.1 Å². The van der Waals surface area contributed by atoms with Crippen LogP contribution in [0.5, 0.6) is 0 Å². The van der Waals surface area contributed by atoms with Crippen molar-refractivity contribution in [2.45, 2.75) is 45.1 Å². The maximum absolute atomic E-state index is 9.06. The Morgan fingerprint density at radius 3 is 2.62 bits per heavy atom. The lowest BCUT2D eigenvalue weighted by molar-refractivity contribution is 0.0781. The molecule has 0 amide bonds. The van der Waals surface area contributed by atoms with Gasteiger partial charge in [-0.2, -0.15) is 10.5 Å². The summed E-state index contributed by atoms with van der Waals surface area (Å²) in [6, 6.07) is 4.34. The Bertz CT molecular complexity index is 323. The normalized spacial score (nSPS) is 37.8. The molecule has 1 aliphatic heterocycles. The van der Waals surface area contributed by atoms with Gasteiger partial charge in [-0.1, -0.05) is 19.8 Å². The summed E-state index contributed by atoms with van der Waals surface area (Å²) in [6.45, 7) is 3.10. The standard InChI is InChI=1S/C13H18N2O/c1-13(6-11-9-16-11)5-3-2-4-12(13)10(7-14)8-15/h10-12H,2-6,9H2,1H3/t11-,12-,13+/m0/s1. The third-order valence-corrected chi connectivity index (χ3v) is 4.19. The summed E-state index contributed by atoms with van der Waals surface area (Å²) < 4.78 is 5.31. The first-order valence-corrected chi connectivity index (χ1v) is 6.10. The van der Waals surface area contributed by atoms with E-state index >= 15 is 0 Å². The van der Waals surface area contributed by atoms with E-state index in [-0.39, 0.29) is 11.3 Å². The zero-order valence-electron chi connectivity index (χ0n) is 9.78. The molecule has 0 unspecified atom stereocenters. The molecule has 3 nitrogen and oxygen atoms in total. The predicted molar refractivity (Wildman–Crippen MR) is 59.1 cm³/mol. The fourth-order valence-corrected chi connectivity index (χ4v) is 3.16. The molecule has 1 aliphatic carbocycles. The minimum Gasteiger partial charge on any atom is -0.373 e. The molecule has 2 rings (SSSR count). The molecule has 0 aromatic heterocycles. The van der Waals surface area contributed by atoms with E-state index in [4.69, 9.17) is 15.3 Å². The fourth-order valence-electron chi connectivity index (χ4n) is 3.16. The van der Waals surface area contributed by atoms with Crippen molar-refractivity contribution >= 4 is 0 Å². The van der Waals surface area contributed by atoms with E-state index in [1.54, 1.807) is 0 Å². The number of nitrogens with zero attached hydrogens (tertiary/aromatic N) is 2. The summed E-state index contributed by atoms with van der Waals surface area (Å²) in [5.41, 5.74) is 0.134. The molecule has 0 spiro atoms. The highest BCUT2D eigenvalue weighted by Gasteiger charge is 2.44. The molecular weight excluding hydrogens is 200 g/mol. The van der Waals surface area contributed by atoms with Crippen molar-refractivity contribution in [2.24, 2.45) is 17.3 Å². The molecule has 3 heteroatoms. The molecule has 0 bridgehead atoms. The Kier molecular flexibility index (Phi) is 3.17. The largest absolute Gasteiger partial charge is 0.373 e. The summed E-state index contributed by atoms with van der Waals surface area (Å²) in [5, 5.41) is 18.1. The van der Waals surface area contributed by atoms with Gasteiger partial charge in [0.2, 0.25) is 0 Å². The number of hydrogen-bond acceptors (Lipinski definition) is 3. The summed E-state index contributed by atoms with van der Waals surface area (Å²) in [6.07, 6.45) is 5.96. The van der Waals surface area contributed by atoms with Crippen LogP contribution in [-0.2, 0) is 4.74 Å². The van der Waals surface area contributed by atoms with Gasteiger partial charge in [-0.15, -0.1) is 0 Å². The van der Waals surface area contributed by atoms with E-state index < -0.39 is 5.92 Å². The molecule has 1 saturated heterocycles. The highest BCUT2D eigenvalue weighted by atomic mass is 16.6. The van der Waals surface area contributed by atoms with E-state index in [1.165, 1.54) is 6.42 Å². The van der Waals surface area contributed by atoms with E-state index in [0.717, 1.165) is 32.3 Å². The molecule has 0 N–H and O–H groups in total. The molecule has 1 saturated carbocycles. The maximum Gasteiger partial charge on any atom is 0.136 e. The van der Waals surface area contributed by atoms with Crippen LogP contribution in [0.25, 0.3) is 0 Å². The van der Waals surface area contributed by atoms with Crippen molar-refractivity contribution in [1.29, 1.82) is 10.5 Å². The second-order valence-corrected chi connectivity index (χ2v) is 5.40. The second-order valence-electron chi connectivity index (χ2n) is 5.40. The molecule has 1 heterocycles. The van der Waals surface area contributed by atoms with Crippen LogP contribution in [0.3, 0.4) is 0 Å². The van der Waals surface area contributed by atoms with Gasteiger partial charge in [-0.3, -0.25) is 0 Å². The van der Waals surface area contributed by atoms with Crippen LogP contribution in [0.2, 0.25) is 0 Å². The summed E-state index contributed by atoms with van der Waals surface area (Å²) in [4.78, 5) is 0. The summed E-state index contributed by atoms with van der Waals surface area (Å²) in [5.74, 6) is -0.204. The summed E-state index contributed by atoms with van der Waals surface area (Å²) in [7, 11) is 0. The average Bonchev–Trinajstić information content (AvgIpc) is 3.06. The Morgan fingerprint density at radius 1 is 1.38 bits per heavy atom. The average molecular weight is 218 g/mol. The molecule has 0 aromatic rings. The number of nitriles is 2. The van der Waals surface area contributed by atoms with Crippen LogP contribution in [0.4, 0.5) is 0 Å². The number of hydrogen-bond donors (Lipinski definition) is 0. The van der Waals surface area contributed by atoms with Crippen molar-refractivity contribution in [1.82, 2.24) is 0 Å². The fraction of sp³-hybridized carbons (Fsp3) is 0.846. The van der Waals surface area contributed by atoms with Crippen LogP contribution in [-0.4, -0.2) is 12.7 Å². The van der Waals surface area contributed by atoms with E-state index in [2.05, 4.69) is 19.1 Å². The molecule has 86 valence electrons. The van der Waals surface area contributed by atoms with Gasteiger partial charge in [-0.25, -0.2) is 0 Å². The van der Waals surface area contributed by atoms with Crippen LogP contribution in [0.1, 0.15) is 39.0 Å². The SMILES string of the molecule is C[C@]1(C[C@H]2CO2)CCCC[C@H]1C(C#N)C#N. The molecule has 2 aliphatic rings. The molecular formula is C13H18N2O. The van der Waals surface area contributed by atoms with Crippen molar-refractivity contribution in [3.05, 3.63) is 0 Å². The first-order valence-electron chi connectivity index (χ1n) is 6.10.